The highest BCUT2D eigenvalue weighted by molar-refractivity contribution is 5.72. The average molecular weight is 260 g/mol. The van der Waals surface area contributed by atoms with E-state index in [2.05, 4.69) is 4.74 Å². The van der Waals surface area contributed by atoms with Crippen LogP contribution in [-0.2, 0) is 19.0 Å². The second-order valence-corrected chi connectivity index (χ2v) is 3.97. The molecule has 0 aliphatic carbocycles. The summed E-state index contributed by atoms with van der Waals surface area (Å²) in [4.78, 5) is 22.5. The number of hydrogen-bond donors (Lipinski definition) is 0. The lowest BCUT2D eigenvalue weighted by Crippen LogP contribution is -2.21. The van der Waals surface area contributed by atoms with Gasteiger partial charge in [0.1, 0.15) is 13.2 Å². The second kappa shape index (κ2) is 10.9. The number of hydrogen-bond acceptors (Lipinski definition) is 5. The third kappa shape index (κ3) is 7.92. The van der Waals surface area contributed by atoms with Gasteiger partial charge < -0.3 is 14.2 Å². The molecule has 18 heavy (non-hydrogen) atoms. The standard InChI is InChI=1S/C13H24O5/c1-4-7-11(8-5-2)12(14)17-9-10-18-13(15)16-6-3/h11H,4-10H2,1-3H3. The van der Waals surface area contributed by atoms with Crippen LogP contribution in [0.5, 0.6) is 0 Å². The van der Waals surface area contributed by atoms with E-state index in [1.54, 1.807) is 6.92 Å². The molecular weight excluding hydrogens is 236 g/mol. The van der Waals surface area contributed by atoms with Crippen molar-refractivity contribution in [3.8, 4) is 0 Å². The van der Waals surface area contributed by atoms with Crippen molar-refractivity contribution in [2.24, 2.45) is 5.92 Å². The lowest BCUT2D eigenvalue weighted by molar-refractivity contribution is -0.150. The fourth-order valence-electron chi connectivity index (χ4n) is 1.62. The van der Waals surface area contributed by atoms with Crippen molar-refractivity contribution < 1.29 is 23.8 Å². The van der Waals surface area contributed by atoms with E-state index in [4.69, 9.17) is 9.47 Å². The molecule has 0 aromatic rings. The minimum Gasteiger partial charge on any atom is -0.462 e. The molecule has 0 spiro atoms. The second-order valence-electron chi connectivity index (χ2n) is 3.97. The van der Waals surface area contributed by atoms with E-state index in [1.165, 1.54) is 0 Å². The SMILES string of the molecule is CCCC(CCC)C(=O)OCCOC(=O)OCC. The fraction of sp³-hybridized carbons (Fsp3) is 0.846. The lowest BCUT2D eigenvalue weighted by atomic mass is 9.99. The molecule has 0 heterocycles. The molecule has 5 heteroatoms. The van der Waals surface area contributed by atoms with Crippen LogP contribution in [-0.4, -0.2) is 31.9 Å². The van der Waals surface area contributed by atoms with Crippen molar-refractivity contribution in [3.05, 3.63) is 0 Å². The van der Waals surface area contributed by atoms with E-state index in [0.29, 0.717) is 0 Å². The van der Waals surface area contributed by atoms with Crippen molar-refractivity contribution in [2.75, 3.05) is 19.8 Å². The summed E-state index contributed by atoms with van der Waals surface area (Å²) in [6.45, 7) is 6.17. The predicted octanol–water partition coefficient (Wildman–Crippen LogP) is 2.92. The van der Waals surface area contributed by atoms with Crippen LogP contribution in [0.4, 0.5) is 4.79 Å². The number of rotatable bonds is 9. The molecule has 0 rings (SSSR count). The van der Waals surface area contributed by atoms with Crippen LogP contribution >= 0.6 is 0 Å². The van der Waals surface area contributed by atoms with Crippen LogP contribution in [0.3, 0.4) is 0 Å². The van der Waals surface area contributed by atoms with Gasteiger partial charge in [0.2, 0.25) is 0 Å². The minimum atomic E-state index is -0.729. The third-order valence-corrected chi connectivity index (χ3v) is 2.42. The molecule has 0 aliphatic heterocycles. The zero-order valence-electron chi connectivity index (χ0n) is 11.6. The zero-order chi connectivity index (χ0) is 13.8. The molecule has 0 radical (unpaired) electrons. The van der Waals surface area contributed by atoms with Gasteiger partial charge in [-0.2, -0.15) is 0 Å². The highest BCUT2D eigenvalue weighted by Crippen LogP contribution is 2.15. The summed E-state index contributed by atoms with van der Waals surface area (Å²) in [6.07, 6.45) is 2.86. The maximum Gasteiger partial charge on any atom is 0.508 e. The first-order valence-electron chi connectivity index (χ1n) is 6.61. The van der Waals surface area contributed by atoms with Crippen molar-refractivity contribution in [3.63, 3.8) is 0 Å². The van der Waals surface area contributed by atoms with Gasteiger partial charge in [0.25, 0.3) is 0 Å². The van der Waals surface area contributed by atoms with Crippen molar-refractivity contribution in [2.45, 2.75) is 46.5 Å². The van der Waals surface area contributed by atoms with Gasteiger partial charge in [0, 0.05) is 0 Å². The van der Waals surface area contributed by atoms with Crippen LogP contribution < -0.4 is 0 Å². The topological polar surface area (TPSA) is 61.8 Å². The van der Waals surface area contributed by atoms with Gasteiger partial charge >= 0.3 is 12.1 Å². The summed E-state index contributed by atoms with van der Waals surface area (Å²) < 4.78 is 14.3. The van der Waals surface area contributed by atoms with E-state index in [1.807, 2.05) is 13.8 Å². The summed E-state index contributed by atoms with van der Waals surface area (Å²) >= 11 is 0. The molecule has 0 fully saturated rings. The first-order chi connectivity index (χ1) is 8.65. The Morgan fingerprint density at radius 3 is 1.94 bits per heavy atom. The Kier molecular flexibility index (Phi) is 10.1. The maximum absolute atomic E-state index is 11.7. The quantitative estimate of drug-likeness (QED) is 0.471. The van der Waals surface area contributed by atoms with Gasteiger partial charge in [0.15, 0.2) is 0 Å². The number of esters is 1. The molecule has 0 aromatic carbocycles. The summed E-state index contributed by atoms with van der Waals surface area (Å²) in [5.74, 6) is -0.242. The molecule has 0 aliphatic rings. The predicted molar refractivity (Wildman–Crippen MR) is 67.2 cm³/mol. The first kappa shape index (κ1) is 16.7. The monoisotopic (exact) mass is 260 g/mol. The number of carbonyl (C=O) groups is 2. The van der Waals surface area contributed by atoms with Crippen LogP contribution in [0, 0.1) is 5.92 Å². The molecule has 0 atom stereocenters. The number of ether oxygens (including phenoxy) is 3. The minimum absolute atomic E-state index is 0.0372. The Morgan fingerprint density at radius 1 is 0.889 bits per heavy atom. The van der Waals surface area contributed by atoms with Gasteiger partial charge in [0.05, 0.1) is 12.5 Å². The van der Waals surface area contributed by atoms with E-state index in [0.717, 1.165) is 25.7 Å². The molecular formula is C13H24O5. The summed E-state index contributed by atoms with van der Waals surface area (Å²) in [5.41, 5.74) is 0. The molecule has 0 saturated heterocycles. The molecule has 0 aromatic heterocycles. The zero-order valence-corrected chi connectivity index (χ0v) is 11.6. The van der Waals surface area contributed by atoms with Gasteiger partial charge in [-0.25, -0.2) is 4.79 Å². The van der Waals surface area contributed by atoms with Crippen LogP contribution in [0.2, 0.25) is 0 Å². The Balaban J connectivity index is 3.76. The molecule has 0 amide bonds. The van der Waals surface area contributed by atoms with Crippen LogP contribution in [0.1, 0.15) is 46.5 Å². The third-order valence-electron chi connectivity index (χ3n) is 2.42. The van der Waals surface area contributed by atoms with Crippen LogP contribution in [0.25, 0.3) is 0 Å². The Bertz CT molecular complexity index is 234. The summed E-state index contributed by atoms with van der Waals surface area (Å²) in [6, 6.07) is 0. The Morgan fingerprint density at radius 2 is 1.44 bits per heavy atom. The molecule has 0 saturated carbocycles. The molecule has 0 bridgehead atoms. The van der Waals surface area contributed by atoms with Gasteiger partial charge in [-0.15, -0.1) is 0 Å². The van der Waals surface area contributed by atoms with E-state index in [-0.39, 0.29) is 31.7 Å². The highest BCUT2D eigenvalue weighted by atomic mass is 16.7. The summed E-state index contributed by atoms with van der Waals surface area (Å²) in [5, 5.41) is 0. The van der Waals surface area contributed by atoms with E-state index >= 15 is 0 Å². The van der Waals surface area contributed by atoms with Crippen LogP contribution in [0.15, 0.2) is 0 Å². The van der Waals surface area contributed by atoms with Crippen molar-refractivity contribution in [1.82, 2.24) is 0 Å². The van der Waals surface area contributed by atoms with Crippen molar-refractivity contribution >= 4 is 12.1 Å². The molecule has 106 valence electrons. The maximum atomic E-state index is 11.7. The molecule has 5 nitrogen and oxygen atoms in total. The first-order valence-corrected chi connectivity index (χ1v) is 6.61. The molecule has 0 N–H and O–H groups in total. The van der Waals surface area contributed by atoms with E-state index < -0.39 is 6.16 Å². The average Bonchev–Trinajstić information content (AvgIpc) is 2.34. The highest BCUT2D eigenvalue weighted by Gasteiger charge is 2.18. The number of carbonyl (C=O) groups excluding carboxylic acids is 2. The fourth-order valence-corrected chi connectivity index (χ4v) is 1.62. The molecule has 0 unspecified atom stereocenters. The van der Waals surface area contributed by atoms with Crippen molar-refractivity contribution in [1.29, 1.82) is 0 Å². The van der Waals surface area contributed by atoms with Gasteiger partial charge in [-0.1, -0.05) is 26.7 Å². The smallest absolute Gasteiger partial charge is 0.462 e. The lowest BCUT2D eigenvalue weighted by Gasteiger charge is -2.14. The van der Waals surface area contributed by atoms with E-state index in [9.17, 15) is 9.59 Å². The largest absolute Gasteiger partial charge is 0.508 e. The summed E-state index contributed by atoms with van der Waals surface area (Å²) in [7, 11) is 0. The normalized spacial score (nSPS) is 10.2. The van der Waals surface area contributed by atoms with Gasteiger partial charge in [-0.05, 0) is 19.8 Å². The Hall–Kier alpha value is -1.26. The van der Waals surface area contributed by atoms with Gasteiger partial charge in [-0.3, -0.25) is 4.79 Å². The Labute approximate surface area is 109 Å².